The van der Waals surface area contributed by atoms with Crippen LogP contribution in [0.15, 0.2) is 54.6 Å². The molecule has 3 aromatic rings. The second-order valence-electron chi connectivity index (χ2n) is 12.8. The lowest BCUT2D eigenvalue weighted by Crippen LogP contribution is -2.34. The van der Waals surface area contributed by atoms with E-state index in [4.69, 9.17) is 16.6 Å². The highest BCUT2D eigenvalue weighted by Gasteiger charge is 2.34. The standard InChI is InChI=1S/C12H15FO3.2C11H17NO/c1-8-5-10(14)4-3-9(8)6-12(2,7-13)11(15)16;1-8-6-10(13)5-4-9(8)7-11(2,3)12;1-8-6-9(4-5-10(8)13)7-11(2,3)12/h3-5,14H,6-7H2,1-2H3,(H,15,16);2*4-6,13H,7,12H2,1-3H3. The Kier molecular flexibility index (Phi) is 13.0. The summed E-state index contributed by atoms with van der Waals surface area (Å²) in [6.07, 6.45) is 1.78. The highest BCUT2D eigenvalue weighted by atomic mass is 19.1. The summed E-state index contributed by atoms with van der Waals surface area (Å²) in [5.41, 5.74) is 15.9. The number of carboxylic acids is 1. The summed E-state index contributed by atoms with van der Waals surface area (Å²) in [4.78, 5) is 10.9. The summed E-state index contributed by atoms with van der Waals surface area (Å²) in [5, 5.41) is 36.7. The quantitative estimate of drug-likeness (QED) is 0.183. The Balaban J connectivity index is 0.000000318. The second kappa shape index (κ2) is 15.0. The number of carbonyl (C=O) groups is 1. The van der Waals surface area contributed by atoms with Gasteiger partial charge in [-0.2, -0.15) is 0 Å². The molecule has 7 nitrogen and oxygen atoms in total. The molecule has 0 spiro atoms. The van der Waals surface area contributed by atoms with Crippen molar-refractivity contribution in [1.29, 1.82) is 0 Å². The monoisotopic (exact) mass is 584 g/mol. The van der Waals surface area contributed by atoms with E-state index in [9.17, 15) is 24.5 Å². The summed E-state index contributed by atoms with van der Waals surface area (Å²) < 4.78 is 12.8. The normalized spacial score (nSPS) is 12.7. The first-order chi connectivity index (χ1) is 19.2. The number of rotatable bonds is 8. The Morgan fingerprint density at radius 3 is 1.50 bits per heavy atom. The van der Waals surface area contributed by atoms with Crippen molar-refractivity contribution in [3.05, 3.63) is 88.0 Å². The van der Waals surface area contributed by atoms with Gasteiger partial charge in [-0.3, -0.25) is 4.79 Å². The van der Waals surface area contributed by atoms with Gasteiger partial charge in [-0.1, -0.05) is 24.3 Å². The highest BCUT2D eigenvalue weighted by molar-refractivity contribution is 5.74. The van der Waals surface area contributed by atoms with E-state index in [2.05, 4.69) is 0 Å². The van der Waals surface area contributed by atoms with Gasteiger partial charge < -0.3 is 31.9 Å². The molecule has 0 amide bonds. The van der Waals surface area contributed by atoms with E-state index >= 15 is 0 Å². The molecule has 0 heterocycles. The van der Waals surface area contributed by atoms with Crippen LogP contribution in [0.25, 0.3) is 0 Å². The van der Waals surface area contributed by atoms with E-state index in [1.807, 2.05) is 59.7 Å². The van der Waals surface area contributed by atoms with Gasteiger partial charge >= 0.3 is 5.97 Å². The Labute approximate surface area is 250 Å². The molecule has 3 aromatic carbocycles. The summed E-state index contributed by atoms with van der Waals surface area (Å²) in [6, 6.07) is 15.6. The molecule has 232 valence electrons. The molecular formula is C34H49FN2O5. The molecule has 8 heteroatoms. The zero-order chi connectivity index (χ0) is 32.5. The number of hydrogen-bond acceptors (Lipinski definition) is 6. The van der Waals surface area contributed by atoms with Crippen LogP contribution in [0.1, 0.15) is 68.0 Å². The Morgan fingerprint density at radius 1 is 0.690 bits per heavy atom. The fourth-order valence-corrected chi connectivity index (χ4v) is 4.20. The maximum absolute atomic E-state index is 12.8. The van der Waals surface area contributed by atoms with E-state index in [1.165, 1.54) is 30.2 Å². The van der Waals surface area contributed by atoms with Gasteiger partial charge in [-0.05, 0) is 138 Å². The summed E-state index contributed by atoms with van der Waals surface area (Å²) in [6.45, 7) is 14.1. The minimum atomic E-state index is -1.40. The first kappa shape index (κ1) is 36.4. The van der Waals surface area contributed by atoms with Crippen LogP contribution in [0.4, 0.5) is 4.39 Å². The largest absolute Gasteiger partial charge is 0.508 e. The van der Waals surface area contributed by atoms with Crippen LogP contribution >= 0.6 is 0 Å². The van der Waals surface area contributed by atoms with Gasteiger partial charge in [0.15, 0.2) is 0 Å². The van der Waals surface area contributed by atoms with Crippen molar-refractivity contribution in [1.82, 2.24) is 0 Å². The molecule has 0 saturated heterocycles. The molecule has 0 saturated carbocycles. The van der Waals surface area contributed by atoms with Gasteiger partial charge in [0.05, 0.1) is 5.41 Å². The van der Waals surface area contributed by atoms with Crippen molar-refractivity contribution in [2.75, 3.05) is 6.67 Å². The van der Waals surface area contributed by atoms with Gasteiger partial charge in [0.2, 0.25) is 0 Å². The minimum Gasteiger partial charge on any atom is -0.508 e. The van der Waals surface area contributed by atoms with E-state index in [-0.39, 0.29) is 23.2 Å². The predicted molar refractivity (Wildman–Crippen MR) is 168 cm³/mol. The van der Waals surface area contributed by atoms with Crippen molar-refractivity contribution in [2.24, 2.45) is 16.9 Å². The van der Waals surface area contributed by atoms with Gasteiger partial charge in [0, 0.05) is 11.1 Å². The van der Waals surface area contributed by atoms with Crippen LogP contribution in [0, 0.1) is 26.2 Å². The number of aliphatic carboxylic acids is 1. The van der Waals surface area contributed by atoms with Crippen molar-refractivity contribution in [3.63, 3.8) is 0 Å². The van der Waals surface area contributed by atoms with Crippen LogP contribution < -0.4 is 11.5 Å². The lowest BCUT2D eigenvalue weighted by Gasteiger charge is -2.21. The maximum atomic E-state index is 12.8. The zero-order valence-electron chi connectivity index (χ0n) is 26.3. The van der Waals surface area contributed by atoms with Crippen molar-refractivity contribution < 1.29 is 29.6 Å². The topological polar surface area (TPSA) is 150 Å². The van der Waals surface area contributed by atoms with Gasteiger partial charge in [-0.25, -0.2) is 4.39 Å². The number of alkyl halides is 1. The number of aryl methyl sites for hydroxylation is 3. The molecule has 0 aliphatic heterocycles. The minimum absolute atomic E-state index is 0.116. The van der Waals surface area contributed by atoms with Gasteiger partial charge in [-0.15, -0.1) is 0 Å². The molecule has 1 atom stereocenters. The number of phenols is 3. The number of hydrogen-bond donors (Lipinski definition) is 6. The Bertz CT molecular complexity index is 1330. The maximum Gasteiger partial charge on any atom is 0.312 e. The molecule has 0 aliphatic carbocycles. The average molecular weight is 585 g/mol. The third kappa shape index (κ3) is 12.9. The number of benzene rings is 3. The molecule has 0 radical (unpaired) electrons. The first-order valence-electron chi connectivity index (χ1n) is 13.9. The van der Waals surface area contributed by atoms with E-state index in [0.29, 0.717) is 11.5 Å². The lowest BCUT2D eigenvalue weighted by molar-refractivity contribution is -0.148. The third-order valence-corrected chi connectivity index (χ3v) is 6.61. The molecule has 0 aromatic heterocycles. The van der Waals surface area contributed by atoms with E-state index < -0.39 is 18.1 Å². The summed E-state index contributed by atoms with van der Waals surface area (Å²) >= 11 is 0. The lowest BCUT2D eigenvalue weighted by atomic mass is 9.83. The fraction of sp³-hybridized carbons (Fsp3) is 0.441. The molecule has 42 heavy (non-hydrogen) atoms. The van der Waals surface area contributed by atoms with Crippen LogP contribution in [-0.4, -0.2) is 44.1 Å². The number of phenolic OH excluding ortho intramolecular Hbond substituents is 3. The van der Waals surface area contributed by atoms with Crippen LogP contribution in [0.5, 0.6) is 17.2 Å². The third-order valence-electron chi connectivity index (χ3n) is 6.61. The number of aromatic hydroxyl groups is 3. The number of nitrogens with two attached hydrogens (primary N) is 2. The van der Waals surface area contributed by atoms with Gasteiger partial charge in [0.1, 0.15) is 23.9 Å². The number of carboxylic acid groups (broad SMARTS) is 1. The number of halogens is 1. The van der Waals surface area contributed by atoms with Crippen LogP contribution in [0.3, 0.4) is 0 Å². The molecule has 3 rings (SSSR count). The van der Waals surface area contributed by atoms with Crippen molar-refractivity contribution >= 4 is 5.97 Å². The summed E-state index contributed by atoms with van der Waals surface area (Å²) in [7, 11) is 0. The smallest absolute Gasteiger partial charge is 0.312 e. The molecule has 8 N–H and O–H groups in total. The van der Waals surface area contributed by atoms with E-state index in [1.54, 1.807) is 31.2 Å². The molecule has 0 bridgehead atoms. The van der Waals surface area contributed by atoms with Gasteiger partial charge in [0.25, 0.3) is 0 Å². The molecular weight excluding hydrogens is 535 g/mol. The molecule has 1 unspecified atom stereocenters. The summed E-state index contributed by atoms with van der Waals surface area (Å²) in [5.74, 6) is -0.365. The van der Waals surface area contributed by atoms with Crippen molar-refractivity contribution in [3.8, 4) is 17.2 Å². The van der Waals surface area contributed by atoms with Crippen LogP contribution in [-0.2, 0) is 24.1 Å². The average Bonchev–Trinajstić information content (AvgIpc) is 2.84. The molecule has 0 aliphatic rings. The van der Waals surface area contributed by atoms with Crippen LogP contribution in [0.2, 0.25) is 0 Å². The van der Waals surface area contributed by atoms with E-state index in [0.717, 1.165) is 35.1 Å². The van der Waals surface area contributed by atoms with Crippen molar-refractivity contribution in [2.45, 2.75) is 85.7 Å². The fourth-order valence-electron chi connectivity index (χ4n) is 4.20. The first-order valence-corrected chi connectivity index (χ1v) is 13.9. The second-order valence-corrected chi connectivity index (χ2v) is 12.8. The highest BCUT2D eigenvalue weighted by Crippen LogP contribution is 2.27. The predicted octanol–water partition coefficient (Wildman–Crippen LogP) is 6.26. The Morgan fingerprint density at radius 2 is 1.14 bits per heavy atom. The Hall–Kier alpha value is -3.62. The molecule has 0 fully saturated rings. The SMILES string of the molecule is Cc1cc(CC(C)(C)N)ccc1O.Cc1cc(O)ccc1CC(C)(C)N.Cc1cc(O)ccc1CC(C)(CF)C(=O)O. The zero-order valence-corrected chi connectivity index (χ0v) is 26.3.